The number of carbonyl (C=O) groups is 2. The first-order valence-electron chi connectivity index (χ1n) is 12.5. The first-order valence-corrected chi connectivity index (χ1v) is 12.5. The van der Waals surface area contributed by atoms with Crippen molar-refractivity contribution in [2.45, 2.75) is 58.0 Å². The van der Waals surface area contributed by atoms with E-state index in [4.69, 9.17) is 0 Å². The lowest BCUT2D eigenvalue weighted by Gasteiger charge is -2.30. The molecule has 2 aromatic carbocycles. The van der Waals surface area contributed by atoms with Gasteiger partial charge in [0.15, 0.2) is 0 Å². The average Bonchev–Trinajstić information content (AvgIpc) is 3.44. The highest BCUT2D eigenvalue weighted by Gasteiger charge is 2.29. The second-order valence-electron chi connectivity index (χ2n) is 9.85. The molecule has 7 nitrogen and oxygen atoms in total. The Hall–Kier alpha value is -3.79. The number of urea groups is 1. The molecule has 35 heavy (non-hydrogen) atoms. The average molecular weight is 470 g/mol. The number of nitrogens with one attached hydrogen (secondary N) is 2. The van der Waals surface area contributed by atoms with Gasteiger partial charge in [0.05, 0.1) is 16.8 Å². The Bertz CT molecular complexity index is 1310. The largest absolute Gasteiger partial charge is 0.339 e. The molecule has 0 atom stereocenters. The van der Waals surface area contributed by atoms with Gasteiger partial charge in [-0.2, -0.15) is 5.26 Å². The Morgan fingerprint density at radius 3 is 2.34 bits per heavy atom. The van der Waals surface area contributed by atoms with Gasteiger partial charge in [-0.1, -0.05) is 12.1 Å². The molecule has 1 saturated carbocycles. The minimum Gasteiger partial charge on any atom is -0.339 e. The van der Waals surface area contributed by atoms with E-state index < -0.39 is 0 Å². The van der Waals surface area contributed by atoms with Crippen molar-refractivity contribution in [3.8, 4) is 17.3 Å². The van der Waals surface area contributed by atoms with Crippen LogP contribution in [-0.2, 0) is 0 Å². The molecule has 2 N–H and O–H groups in total. The fraction of sp³-hybridized carbons (Fsp3) is 0.393. The van der Waals surface area contributed by atoms with Crippen LogP contribution in [0.25, 0.3) is 22.2 Å². The van der Waals surface area contributed by atoms with E-state index in [1.165, 1.54) is 6.42 Å². The third kappa shape index (κ3) is 4.37. The molecule has 5 rings (SSSR count). The summed E-state index contributed by atoms with van der Waals surface area (Å²) in [5.41, 5.74) is 4.74. The summed E-state index contributed by atoms with van der Waals surface area (Å²) in [6.45, 7) is 5.42. The van der Waals surface area contributed by atoms with E-state index >= 15 is 0 Å². The molecular weight excluding hydrogens is 438 g/mol. The molecule has 1 aliphatic carbocycles. The van der Waals surface area contributed by atoms with Crippen LogP contribution < -0.4 is 10.6 Å². The SMILES string of the molecule is CC(C)NC(=O)Nc1ccc(-c2c(C#N)c3cc(C(=O)N4CCCC4)ccc3n2C2CCC2)cc1. The van der Waals surface area contributed by atoms with Crippen LogP contribution in [0.15, 0.2) is 42.5 Å². The zero-order valence-electron chi connectivity index (χ0n) is 20.3. The molecular formula is C28H31N5O2. The highest BCUT2D eigenvalue weighted by molar-refractivity contribution is 6.02. The van der Waals surface area contributed by atoms with Gasteiger partial charge < -0.3 is 20.1 Å². The summed E-state index contributed by atoms with van der Waals surface area (Å²) in [6.07, 6.45) is 5.41. The Morgan fingerprint density at radius 2 is 1.74 bits per heavy atom. The lowest BCUT2D eigenvalue weighted by molar-refractivity contribution is 0.0793. The minimum atomic E-state index is -0.246. The van der Waals surface area contributed by atoms with Crippen LogP contribution in [-0.4, -0.2) is 40.5 Å². The van der Waals surface area contributed by atoms with E-state index in [-0.39, 0.29) is 18.0 Å². The van der Waals surface area contributed by atoms with Crippen molar-refractivity contribution in [3.05, 3.63) is 53.6 Å². The van der Waals surface area contributed by atoms with Crippen LogP contribution in [0.1, 0.15) is 67.9 Å². The molecule has 1 saturated heterocycles. The first kappa shape index (κ1) is 23.0. The fourth-order valence-electron chi connectivity index (χ4n) is 5.11. The Labute approximate surface area is 205 Å². The molecule has 3 amide bonds. The molecule has 3 aromatic rings. The summed E-state index contributed by atoms with van der Waals surface area (Å²) < 4.78 is 2.29. The van der Waals surface area contributed by atoms with E-state index in [0.717, 1.165) is 60.9 Å². The first-order chi connectivity index (χ1) is 17.0. The molecule has 2 aliphatic rings. The third-order valence-electron chi connectivity index (χ3n) is 7.03. The lowest BCUT2D eigenvalue weighted by Crippen LogP contribution is -2.34. The van der Waals surface area contributed by atoms with Crippen molar-refractivity contribution in [1.82, 2.24) is 14.8 Å². The van der Waals surface area contributed by atoms with Crippen LogP contribution in [0.2, 0.25) is 0 Å². The number of nitriles is 1. The molecule has 180 valence electrons. The summed E-state index contributed by atoms with van der Waals surface area (Å²) in [5.74, 6) is 0.0429. The third-order valence-corrected chi connectivity index (χ3v) is 7.03. The summed E-state index contributed by atoms with van der Waals surface area (Å²) in [5, 5.41) is 16.7. The molecule has 7 heteroatoms. The number of benzene rings is 2. The number of nitrogens with zero attached hydrogens (tertiary/aromatic N) is 3. The number of fused-ring (bicyclic) bond motifs is 1. The van der Waals surface area contributed by atoms with Gasteiger partial charge in [0.2, 0.25) is 0 Å². The second-order valence-corrected chi connectivity index (χ2v) is 9.85. The predicted molar refractivity (Wildman–Crippen MR) is 137 cm³/mol. The number of hydrogen-bond acceptors (Lipinski definition) is 3. The van der Waals surface area contributed by atoms with Crippen LogP contribution in [0.5, 0.6) is 0 Å². The van der Waals surface area contributed by atoms with Gasteiger partial charge >= 0.3 is 6.03 Å². The van der Waals surface area contributed by atoms with Crippen molar-refractivity contribution in [2.24, 2.45) is 0 Å². The minimum absolute atomic E-state index is 0.0429. The lowest BCUT2D eigenvalue weighted by atomic mass is 9.92. The van der Waals surface area contributed by atoms with E-state index in [9.17, 15) is 14.9 Å². The second kappa shape index (κ2) is 9.46. The van der Waals surface area contributed by atoms with Crippen molar-refractivity contribution in [1.29, 1.82) is 5.26 Å². The van der Waals surface area contributed by atoms with Crippen LogP contribution in [0.4, 0.5) is 10.5 Å². The van der Waals surface area contributed by atoms with Gasteiger partial charge in [-0.15, -0.1) is 0 Å². The molecule has 0 radical (unpaired) electrons. The van der Waals surface area contributed by atoms with Crippen molar-refractivity contribution < 1.29 is 9.59 Å². The van der Waals surface area contributed by atoms with E-state index in [0.29, 0.717) is 22.9 Å². The topological polar surface area (TPSA) is 90.2 Å². The van der Waals surface area contributed by atoms with Gasteiger partial charge in [-0.3, -0.25) is 4.79 Å². The summed E-state index contributed by atoms with van der Waals surface area (Å²) in [7, 11) is 0. The summed E-state index contributed by atoms with van der Waals surface area (Å²) in [4.78, 5) is 27.0. The van der Waals surface area contributed by atoms with Crippen LogP contribution in [0.3, 0.4) is 0 Å². The maximum atomic E-state index is 13.0. The number of anilines is 1. The Morgan fingerprint density at radius 1 is 1.03 bits per heavy atom. The number of amides is 3. The van der Waals surface area contributed by atoms with Gasteiger partial charge in [0.1, 0.15) is 6.07 Å². The van der Waals surface area contributed by atoms with Crippen molar-refractivity contribution in [2.75, 3.05) is 18.4 Å². The standard InChI is InChI=1S/C28H31N5O2/c1-18(2)30-28(35)31-21-11-8-19(9-12-21)26-24(17-29)23-16-20(27(34)32-14-3-4-15-32)10-13-25(23)33(26)22-6-5-7-22/h8-13,16,18,22H,3-7,14-15H2,1-2H3,(H2,30,31,35). The highest BCUT2D eigenvalue weighted by Crippen LogP contribution is 2.43. The smallest absolute Gasteiger partial charge is 0.319 e. The Kier molecular flexibility index (Phi) is 6.21. The number of aromatic nitrogens is 1. The van der Waals surface area contributed by atoms with E-state index in [2.05, 4.69) is 21.3 Å². The molecule has 2 fully saturated rings. The zero-order chi connectivity index (χ0) is 24.5. The van der Waals surface area contributed by atoms with Crippen molar-refractivity contribution in [3.63, 3.8) is 0 Å². The van der Waals surface area contributed by atoms with E-state index in [1.807, 2.05) is 61.2 Å². The van der Waals surface area contributed by atoms with Gasteiger partial charge in [-0.05, 0) is 81.8 Å². The number of carbonyl (C=O) groups excluding carboxylic acids is 2. The fourth-order valence-corrected chi connectivity index (χ4v) is 5.11. The highest BCUT2D eigenvalue weighted by atomic mass is 16.2. The maximum absolute atomic E-state index is 13.0. The normalized spacial score (nSPS) is 15.8. The molecule has 0 unspecified atom stereocenters. The quantitative estimate of drug-likeness (QED) is 0.504. The zero-order valence-corrected chi connectivity index (χ0v) is 20.3. The molecule has 0 spiro atoms. The summed E-state index contributed by atoms with van der Waals surface area (Å²) >= 11 is 0. The number of rotatable bonds is 5. The predicted octanol–water partition coefficient (Wildman–Crippen LogP) is 5.67. The number of likely N-dealkylation sites (tertiary alicyclic amines) is 1. The van der Waals surface area contributed by atoms with Crippen molar-refractivity contribution >= 4 is 28.5 Å². The van der Waals surface area contributed by atoms with Gasteiger partial charge in [0, 0.05) is 41.8 Å². The Balaban J connectivity index is 1.55. The van der Waals surface area contributed by atoms with Crippen LogP contribution >= 0.6 is 0 Å². The van der Waals surface area contributed by atoms with Gasteiger partial charge in [0.25, 0.3) is 5.91 Å². The molecule has 2 heterocycles. The molecule has 1 aromatic heterocycles. The molecule has 1 aliphatic heterocycles. The summed E-state index contributed by atoms with van der Waals surface area (Å²) in [6, 6.07) is 16.0. The van der Waals surface area contributed by atoms with Gasteiger partial charge in [-0.25, -0.2) is 4.79 Å². The monoisotopic (exact) mass is 469 g/mol. The van der Waals surface area contributed by atoms with Crippen LogP contribution in [0, 0.1) is 11.3 Å². The number of hydrogen-bond donors (Lipinski definition) is 2. The molecule has 0 bridgehead atoms. The maximum Gasteiger partial charge on any atom is 0.319 e. The van der Waals surface area contributed by atoms with E-state index in [1.54, 1.807) is 0 Å².